The topological polar surface area (TPSA) is 71.8 Å². The van der Waals surface area contributed by atoms with Crippen LogP contribution in [0.5, 0.6) is 5.75 Å². The van der Waals surface area contributed by atoms with Gasteiger partial charge in [0.15, 0.2) is 11.4 Å². The van der Waals surface area contributed by atoms with E-state index in [2.05, 4.69) is 0 Å². The van der Waals surface area contributed by atoms with Crippen LogP contribution in [-0.4, -0.2) is 47.3 Å². The zero-order valence-corrected chi connectivity index (χ0v) is 10.3. The molecule has 1 amide bonds. The Morgan fingerprint density at radius 2 is 2.17 bits per heavy atom. The second-order valence-corrected chi connectivity index (χ2v) is 4.21. The van der Waals surface area contributed by atoms with Crippen molar-refractivity contribution < 1.29 is 14.6 Å². The molecule has 0 saturated carbocycles. The van der Waals surface area contributed by atoms with Crippen LogP contribution in [-0.2, 0) is 11.3 Å². The van der Waals surface area contributed by atoms with Gasteiger partial charge >= 0.3 is 0 Å². The molecule has 6 heteroatoms. The summed E-state index contributed by atoms with van der Waals surface area (Å²) in [5, 5.41) is 9.70. The Balaban J connectivity index is 2.22. The Morgan fingerprint density at radius 1 is 1.39 bits per heavy atom. The van der Waals surface area contributed by atoms with E-state index in [-0.39, 0.29) is 11.6 Å². The number of pyridine rings is 1. The number of nitrogens with zero attached hydrogens (tertiary/aromatic N) is 2. The lowest BCUT2D eigenvalue weighted by Gasteiger charge is -2.30. The van der Waals surface area contributed by atoms with Crippen LogP contribution in [0.2, 0.25) is 0 Å². The number of carbonyl (C=O) groups excluding carboxylic acids is 1. The van der Waals surface area contributed by atoms with E-state index in [1.54, 1.807) is 22.8 Å². The first kappa shape index (κ1) is 12.6. The van der Waals surface area contributed by atoms with Crippen molar-refractivity contribution in [3.05, 3.63) is 28.2 Å². The van der Waals surface area contributed by atoms with E-state index in [0.29, 0.717) is 26.2 Å². The van der Waals surface area contributed by atoms with Gasteiger partial charge in [0.25, 0.3) is 5.91 Å². The summed E-state index contributed by atoms with van der Waals surface area (Å²) in [7, 11) is 1.61. The minimum absolute atomic E-state index is 0.0890. The van der Waals surface area contributed by atoms with Gasteiger partial charge in [-0.3, -0.25) is 9.59 Å². The quantitative estimate of drug-likeness (QED) is 0.768. The average molecular weight is 252 g/mol. The third-order valence-corrected chi connectivity index (χ3v) is 3.03. The zero-order chi connectivity index (χ0) is 13.1. The van der Waals surface area contributed by atoms with E-state index in [4.69, 9.17) is 4.74 Å². The minimum atomic E-state index is -0.520. The van der Waals surface area contributed by atoms with Crippen LogP contribution in [0.3, 0.4) is 0 Å². The fourth-order valence-corrected chi connectivity index (χ4v) is 2.07. The predicted molar refractivity (Wildman–Crippen MR) is 64.8 cm³/mol. The molecule has 98 valence electrons. The Kier molecular flexibility index (Phi) is 3.66. The molecule has 1 aliphatic heterocycles. The number of aromatic hydroxyl groups is 1. The molecule has 0 aliphatic carbocycles. The molecular weight excluding hydrogens is 236 g/mol. The molecule has 0 unspecified atom stereocenters. The molecule has 1 N–H and O–H groups in total. The Hall–Kier alpha value is -1.82. The Labute approximate surface area is 104 Å². The van der Waals surface area contributed by atoms with E-state index in [0.717, 1.165) is 6.42 Å². The third kappa shape index (κ3) is 2.24. The summed E-state index contributed by atoms with van der Waals surface area (Å²) in [6, 6.07) is 1.27. The molecule has 0 fully saturated rings. The normalized spacial score (nSPS) is 14.7. The van der Waals surface area contributed by atoms with Crippen LogP contribution in [0.4, 0.5) is 0 Å². The summed E-state index contributed by atoms with van der Waals surface area (Å²) in [6.07, 6.45) is 2.28. The van der Waals surface area contributed by atoms with Crippen LogP contribution in [0, 0.1) is 0 Å². The molecule has 0 atom stereocenters. The van der Waals surface area contributed by atoms with Crippen molar-refractivity contribution in [1.29, 1.82) is 0 Å². The van der Waals surface area contributed by atoms with E-state index >= 15 is 0 Å². The summed E-state index contributed by atoms with van der Waals surface area (Å²) in [5.74, 6) is -0.758. The highest BCUT2D eigenvalue weighted by atomic mass is 16.5. The lowest BCUT2D eigenvalue weighted by molar-refractivity contribution is 0.0677. The maximum Gasteiger partial charge on any atom is 0.274 e. The van der Waals surface area contributed by atoms with Crippen molar-refractivity contribution in [3.8, 4) is 5.75 Å². The molecule has 0 radical (unpaired) electrons. The van der Waals surface area contributed by atoms with Crippen LogP contribution in [0.1, 0.15) is 16.9 Å². The van der Waals surface area contributed by atoms with Crippen LogP contribution >= 0.6 is 0 Å². The van der Waals surface area contributed by atoms with Gasteiger partial charge in [0.05, 0.1) is 0 Å². The summed E-state index contributed by atoms with van der Waals surface area (Å²) in [5.41, 5.74) is -0.431. The van der Waals surface area contributed by atoms with Gasteiger partial charge in [0.2, 0.25) is 5.43 Å². The second kappa shape index (κ2) is 5.22. The number of rotatable bonds is 4. The van der Waals surface area contributed by atoms with Gasteiger partial charge in [-0.2, -0.15) is 0 Å². The number of carbonyl (C=O) groups is 1. The molecule has 0 bridgehead atoms. The molecule has 2 heterocycles. The highest BCUT2D eigenvalue weighted by Gasteiger charge is 2.27. The van der Waals surface area contributed by atoms with Gasteiger partial charge in [-0.25, -0.2) is 0 Å². The van der Waals surface area contributed by atoms with E-state index in [1.807, 2.05) is 0 Å². The maximum absolute atomic E-state index is 12.1. The van der Waals surface area contributed by atoms with E-state index in [1.165, 1.54) is 6.07 Å². The Bertz CT molecular complexity index is 509. The molecule has 1 aromatic heterocycles. The smallest absolute Gasteiger partial charge is 0.274 e. The van der Waals surface area contributed by atoms with Crippen molar-refractivity contribution in [2.45, 2.75) is 13.0 Å². The maximum atomic E-state index is 12.1. The molecule has 6 nitrogen and oxygen atoms in total. The van der Waals surface area contributed by atoms with Gasteiger partial charge in [-0.1, -0.05) is 0 Å². The summed E-state index contributed by atoms with van der Waals surface area (Å²) >= 11 is 0. The number of hydrogen-bond donors (Lipinski definition) is 1. The first-order valence-electron chi connectivity index (χ1n) is 5.85. The van der Waals surface area contributed by atoms with Gasteiger partial charge in [-0.05, 0) is 6.42 Å². The zero-order valence-electron chi connectivity index (χ0n) is 10.3. The number of fused-ring (bicyclic) bond motifs is 1. The van der Waals surface area contributed by atoms with Gasteiger partial charge in [0.1, 0.15) is 0 Å². The van der Waals surface area contributed by atoms with Crippen molar-refractivity contribution in [2.75, 3.05) is 26.8 Å². The summed E-state index contributed by atoms with van der Waals surface area (Å²) < 4.78 is 6.55. The molecule has 1 aliphatic rings. The minimum Gasteiger partial charge on any atom is -0.503 e. The standard InChI is InChI=1S/C12H16N2O4/c1-18-8-2-4-14-7-6-13-5-3-9(15)11(16)10(13)12(14)17/h3,5,16H,2,4,6-8H2,1H3. The first-order valence-corrected chi connectivity index (χ1v) is 5.85. The summed E-state index contributed by atoms with van der Waals surface area (Å²) in [4.78, 5) is 25.1. The Morgan fingerprint density at radius 3 is 2.89 bits per heavy atom. The van der Waals surface area contributed by atoms with Gasteiger partial charge < -0.3 is 19.3 Å². The molecular formula is C12H16N2O4. The summed E-state index contributed by atoms with van der Waals surface area (Å²) in [6.45, 7) is 2.31. The van der Waals surface area contributed by atoms with Gasteiger partial charge in [-0.15, -0.1) is 0 Å². The average Bonchev–Trinajstić information content (AvgIpc) is 2.36. The molecule has 1 aromatic rings. The largest absolute Gasteiger partial charge is 0.503 e. The molecule has 2 rings (SSSR count). The van der Waals surface area contributed by atoms with Gasteiger partial charge in [0, 0.05) is 45.6 Å². The predicted octanol–water partition coefficient (Wildman–Crippen LogP) is 0.0462. The fraction of sp³-hybridized carbons (Fsp3) is 0.500. The SMILES string of the molecule is COCCCN1CCn2ccc(=O)c(O)c2C1=O. The van der Waals surface area contributed by atoms with Crippen LogP contribution < -0.4 is 5.43 Å². The van der Waals surface area contributed by atoms with Crippen molar-refractivity contribution >= 4 is 5.91 Å². The van der Waals surface area contributed by atoms with Crippen LogP contribution in [0.25, 0.3) is 0 Å². The highest BCUT2D eigenvalue weighted by molar-refractivity contribution is 5.95. The number of aromatic nitrogens is 1. The molecule has 0 saturated heterocycles. The molecule has 18 heavy (non-hydrogen) atoms. The second-order valence-electron chi connectivity index (χ2n) is 4.21. The molecule has 0 aromatic carbocycles. The fourth-order valence-electron chi connectivity index (χ4n) is 2.07. The van der Waals surface area contributed by atoms with Crippen molar-refractivity contribution in [1.82, 2.24) is 9.47 Å². The third-order valence-electron chi connectivity index (χ3n) is 3.03. The van der Waals surface area contributed by atoms with Crippen LogP contribution in [0.15, 0.2) is 17.1 Å². The van der Waals surface area contributed by atoms with Crippen molar-refractivity contribution in [3.63, 3.8) is 0 Å². The van der Waals surface area contributed by atoms with Crippen molar-refractivity contribution in [2.24, 2.45) is 0 Å². The highest BCUT2D eigenvalue weighted by Crippen LogP contribution is 2.18. The number of amides is 1. The number of methoxy groups -OCH3 is 1. The first-order chi connectivity index (χ1) is 8.65. The number of ether oxygens (including phenoxy) is 1. The van der Waals surface area contributed by atoms with E-state index in [9.17, 15) is 14.7 Å². The van der Waals surface area contributed by atoms with E-state index < -0.39 is 11.2 Å². The lowest BCUT2D eigenvalue weighted by Crippen LogP contribution is -2.42. The molecule has 0 spiro atoms. The number of hydrogen-bond acceptors (Lipinski definition) is 4. The lowest BCUT2D eigenvalue weighted by atomic mass is 10.2. The monoisotopic (exact) mass is 252 g/mol.